The predicted molar refractivity (Wildman–Crippen MR) is 71.6 cm³/mol. The zero-order valence-corrected chi connectivity index (χ0v) is 11.0. The van der Waals surface area contributed by atoms with Gasteiger partial charge in [-0.3, -0.25) is 0 Å². The number of oxime groups is 1. The molecule has 0 radical (unpaired) electrons. The Balaban J connectivity index is 2.18. The first kappa shape index (κ1) is 15.0. The van der Waals surface area contributed by atoms with Gasteiger partial charge in [-0.25, -0.2) is 4.79 Å². The van der Waals surface area contributed by atoms with Crippen molar-refractivity contribution in [3.05, 3.63) is 30.3 Å². The highest BCUT2D eigenvalue weighted by molar-refractivity contribution is 6.36. The van der Waals surface area contributed by atoms with Crippen LogP contribution >= 0.6 is 0 Å². The maximum absolute atomic E-state index is 11.3. The summed E-state index contributed by atoms with van der Waals surface area (Å²) in [5.74, 6) is 0.262. The van der Waals surface area contributed by atoms with E-state index in [0.717, 1.165) is 12.2 Å². The summed E-state index contributed by atoms with van der Waals surface area (Å²) in [7, 11) is 0. The maximum atomic E-state index is 11.3. The lowest BCUT2D eigenvalue weighted by Gasteiger charge is -2.06. The molecular formula is C14H19NO4. The molecule has 0 spiro atoms. The number of para-hydroxylation sites is 1. The van der Waals surface area contributed by atoms with Crippen LogP contribution in [-0.2, 0) is 9.53 Å². The molecule has 0 heterocycles. The zero-order chi connectivity index (χ0) is 13.9. The van der Waals surface area contributed by atoms with E-state index in [0.29, 0.717) is 19.4 Å². The summed E-state index contributed by atoms with van der Waals surface area (Å²) >= 11 is 0. The highest BCUT2D eigenvalue weighted by Crippen LogP contribution is 2.09. The molecule has 104 valence electrons. The van der Waals surface area contributed by atoms with Crippen molar-refractivity contribution in [1.29, 1.82) is 0 Å². The van der Waals surface area contributed by atoms with E-state index < -0.39 is 5.97 Å². The van der Waals surface area contributed by atoms with Crippen molar-refractivity contribution >= 4 is 11.7 Å². The van der Waals surface area contributed by atoms with Crippen molar-refractivity contribution in [2.75, 3.05) is 13.2 Å². The molecule has 1 rings (SSSR count). The first-order valence-corrected chi connectivity index (χ1v) is 6.33. The van der Waals surface area contributed by atoms with Crippen molar-refractivity contribution in [2.24, 2.45) is 5.16 Å². The summed E-state index contributed by atoms with van der Waals surface area (Å²) in [6.07, 6.45) is 1.85. The van der Waals surface area contributed by atoms with Gasteiger partial charge >= 0.3 is 5.97 Å². The van der Waals surface area contributed by atoms with Gasteiger partial charge in [0.25, 0.3) is 0 Å². The molecule has 0 fully saturated rings. The Labute approximate surface area is 112 Å². The van der Waals surface area contributed by atoms with E-state index in [1.807, 2.05) is 30.3 Å². The van der Waals surface area contributed by atoms with Gasteiger partial charge in [-0.1, -0.05) is 23.4 Å². The standard InChI is InChI=1S/C14H19NO4/c1-2-18-14(16)13(15-17)10-6-7-11-19-12-8-4-3-5-9-12/h3-5,8-9,17H,2,6-7,10-11H2,1H3. The van der Waals surface area contributed by atoms with E-state index in [4.69, 9.17) is 14.7 Å². The van der Waals surface area contributed by atoms with Crippen molar-refractivity contribution in [3.8, 4) is 5.75 Å². The minimum Gasteiger partial charge on any atom is -0.494 e. The van der Waals surface area contributed by atoms with E-state index in [9.17, 15) is 4.79 Å². The van der Waals surface area contributed by atoms with Crippen LogP contribution in [-0.4, -0.2) is 30.1 Å². The summed E-state index contributed by atoms with van der Waals surface area (Å²) < 4.78 is 10.3. The van der Waals surface area contributed by atoms with Gasteiger partial charge in [-0.05, 0) is 31.9 Å². The lowest BCUT2D eigenvalue weighted by Crippen LogP contribution is -2.17. The van der Waals surface area contributed by atoms with E-state index >= 15 is 0 Å². The Morgan fingerprint density at radius 2 is 2.00 bits per heavy atom. The molecule has 1 aromatic rings. The van der Waals surface area contributed by atoms with Crippen LogP contribution in [0.4, 0.5) is 0 Å². The lowest BCUT2D eigenvalue weighted by atomic mass is 10.2. The minimum absolute atomic E-state index is 0.0570. The normalized spacial score (nSPS) is 11.1. The van der Waals surface area contributed by atoms with Crippen LogP contribution in [0.3, 0.4) is 0 Å². The van der Waals surface area contributed by atoms with E-state index in [-0.39, 0.29) is 12.3 Å². The van der Waals surface area contributed by atoms with Crippen LogP contribution < -0.4 is 4.74 Å². The quantitative estimate of drug-likeness (QED) is 0.258. The van der Waals surface area contributed by atoms with Crippen molar-refractivity contribution in [1.82, 2.24) is 0 Å². The molecule has 0 aliphatic rings. The Kier molecular flexibility index (Phi) is 7.09. The molecule has 0 unspecified atom stereocenters. The summed E-state index contributed by atoms with van der Waals surface area (Å²) in [6, 6.07) is 9.52. The Morgan fingerprint density at radius 3 is 2.63 bits per heavy atom. The van der Waals surface area contributed by atoms with Crippen LogP contribution in [0.15, 0.2) is 35.5 Å². The minimum atomic E-state index is -0.561. The fourth-order valence-corrected chi connectivity index (χ4v) is 1.51. The van der Waals surface area contributed by atoms with E-state index in [1.165, 1.54) is 0 Å². The topological polar surface area (TPSA) is 68.1 Å². The number of carbonyl (C=O) groups excluding carboxylic acids is 1. The number of benzene rings is 1. The summed E-state index contributed by atoms with van der Waals surface area (Å²) in [4.78, 5) is 11.3. The molecule has 0 aromatic heterocycles. The first-order chi connectivity index (χ1) is 9.27. The van der Waals surface area contributed by atoms with Gasteiger partial charge in [0.15, 0.2) is 5.71 Å². The number of ether oxygens (including phenoxy) is 2. The molecule has 1 aromatic carbocycles. The van der Waals surface area contributed by atoms with Crippen LogP contribution in [0.5, 0.6) is 5.75 Å². The van der Waals surface area contributed by atoms with Gasteiger partial charge in [0.05, 0.1) is 13.2 Å². The molecular weight excluding hydrogens is 246 g/mol. The van der Waals surface area contributed by atoms with Crippen molar-refractivity contribution < 1.29 is 19.5 Å². The number of hydrogen-bond acceptors (Lipinski definition) is 5. The van der Waals surface area contributed by atoms with E-state index in [2.05, 4.69) is 5.16 Å². The molecule has 19 heavy (non-hydrogen) atoms. The smallest absolute Gasteiger partial charge is 0.356 e. The third-order valence-corrected chi connectivity index (χ3v) is 2.45. The SMILES string of the molecule is CCOC(=O)C(CCCCOc1ccccc1)=NO. The third kappa shape index (κ3) is 5.90. The second kappa shape index (κ2) is 8.97. The van der Waals surface area contributed by atoms with Crippen molar-refractivity contribution in [2.45, 2.75) is 26.2 Å². The van der Waals surface area contributed by atoms with Crippen LogP contribution in [0.25, 0.3) is 0 Å². The fourth-order valence-electron chi connectivity index (χ4n) is 1.51. The highest BCUT2D eigenvalue weighted by Gasteiger charge is 2.12. The summed E-state index contributed by atoms with van der Waals surface area (Å²) in [5.41, 5.74) is 0.0570. The fraction of sp³-hybridized carbons (Fsp3) is 0.429. The largest absolute Gasteiger partial charge is 0.494 e. The molecule has 0 amide bonds. The number of rotatable bonds is 8. The first-order valence-electron chi connectivity index (χ1n) is 6.33. The van der Waals surface area contributed by atoms with Crippen molar-refractivity contribution in [3.63, 3.8) is 0 Å². The predicted octanol–water partition coefficient (Wildman–Crippen LogP) is 2.63. The molecule has 0 atom stereocenters. The molecule has 1 N–H and O–H groups in total. The zero-order valence-electron chi connectivity index (χ0n) is 11.0. The number of nitrogens with zero attached hydrogens (tertiary/aromatic N) is 1. The van der Waals surface area contributed by atoms with Crippen LogP contribution in [0.1, 0.15) is 26.2 Å². The van der Waals surface area contributed by atoms with Gasteiger partial charge in [0.1, 0.15) is 5.75 Å². The number of esters is 1. The van der Waals surface area contributed by atoms with Gasteiger partial charge in [-0.15, -0.1) is 0 Å². The summed E-state index contributed by atoms with van der Waals surface area (Å²) in [6.45, 7) is 2.54. The summed E-state index contributed by atoms with van der Waals surface area (Å²) in [5, 5.41) is 11.7. The second-order valence-electron chi connectivity index (χ2n) is 3.89. The molecule has 0 bridgehead atoms. The third-order valence-electron chi connectivity index (χ3n) is 2.45. The average molecular weight is 265 g/mol. The Hall–Kier alpha value is -2.04. The van der Waals surface area contributed by atoms with E-state index in [1.54, 1.807) is 6.92 Å². The number of unbranched alkanes of at least 4 members (excludes halogenated alkanes) is 1. The molecule has 5 heteroatoms. The lowest BCUT2D eigenvalue weighted by molar-refractivity contribution is -0.135. The second-order valence-corrected chi connectivity index (χ2v) is 3.89. The number of hydrogen-bond donors (Lipinski definition) is 1. The Bertz CT molecular complexity index is 403. The van der Waals surface area contributed by atoms with Crippen LogP contribution in [0, 0.1) is 0 Å². The highest BCUT2D eigenvalue weighted by atomic mass is 16.5. The van der Waals surface area contributed by atoms with Gasteiger partial charge < -0.3 is 14.7 Å². The van der Waals surface area contributed by atoms with Gasteiger partial charge in [0.2, 0.25) is 0 Å². The number of carbonyl (C=O) groups is 1. The molecule has 0 saturated heterocycles. The molecule has 0 saturated carbocycles. The average Bonchev–Trinajstić information content (AvgIpc) is 2.44. The maximum Gasteiger partial charge on any atom is 0.356 e. The molecule has 5 nitrogen and oxygen atoms in total. The van der Waals surface area contributed by atoms with Gasteiger partial charge in [0, 0.05) is 6.42 Å². The van der Waals surface area contributed by atoms with Gasteiger partial charge in [-0.2, -0.15) is 0 Å². The Morgan fingerprint density at radius 1 is 1.26 bits per heavy atom. The molecule has 0 aliphatic carbocycles. The molecule has 0 aliphatic heterocycles. The monoisotopic (exact) mass is 265 g/mol. The van der Waals surface area contributed by atoms with Crippen LogP contribution in [0.2, 0.25) is 0 Å².